The molecule has 0 fully saturated rings. The molecular weight excluding hydrogens is 399 g/mol. The molecule has 2 aromatic rings. The number of fused-ring (bicyclic) bond motifs is 1. The van der Waals surface area contributed by atoms with Gasteiger partial charge in [-0.3, -0.25) is 4.79 Å². The third kappa shape index (κ3) is 4.18. The fraction of sp³-hybridized carbons (Fsp3) is 0.375. The second kappa shape index (κ2) is 7.18. The molecule has 1 aromatic carbocycles. The first kappa shape index (κ1) is 20.3. The lowest BCUT2D eigenvalue weighted by molar-refractivity contribution is -0.142. The molecule has 0 saturated heterocycles. The van der Waals surface area contributed by atoms with Gasteiger partial charge in [0, 0.05) is 25.1 Å². The Labute approximate surface area is 158 Å². The molecular formula is C16H18F3N5O3S. The molecule has 0 unspecified atom stereocenters. The van der Waals surface area contributed by atoms with Gasteiger partial charge in [-0.2, -0.15) is 18.3 Å². The Bertz CT molecular complexity index is 1030. The zero-order valence-electron chi connectivity index (χ0n) is 14.6. The smallest absolute Gasteiger partial charge is 0.366 e. The maximum Gasteiger partial charge on any atom is 0.435 e. The number of rotatable bonds is 5. The fourth-order valence-corrected chi connectivity index (χ4v) is 3.68. The van der Waals surface area contributed by atoms with Gasteiger partial charge in [0.15, 0.2) is 5.69 Å². The van der Waals surface area contributed by atoms with Crippen molar-refractivity contribution in [3.8, 4) is 5.69 Å². The van der Waals surface area contributed by atoms with E-state index in [0.29, 0.717) is 24.2 Å². The molecule has 5 N–H and O–H groups in total. The van der Waals surface area contributed by atoms with Crippen LogP contribution in [0.3, 0.4) is 0 Å². The Balaban J connectivity index is 2.11. The summed E-state index contributed by atoms with van der Waals surface area (Å²) >= 11 is 0. The fourth-order valence-electron chi connectivity index (χ4n) is 3.16. The van der Waals surface area contributed by atoms with Gasteiger partial charge >= 0.3 is 6.18 Å². The molecule has 8 nitrogen and oxygen atoms in total. The van der Waals surface area contributed by atoms with Gasteiger partial charge in [0.1, 0.15) is 0 Å². The minimum Gasteiger partial charge on any atom is -0.366 e. The number of benzene rings is 1. The van der Waals surface area contributed by atoms with E-state index in [1.54, 1.807) is 0 Å². The highest BCUT2D eigenvalue weighted by atomic mass is 32.2. The molecule has 1 aliphatic heterocycles. The van der Waals surface area contributed by atoms with Gasteiger partial charge in [0.25, 0.3) is 5.91 Å². The van der Waals surface area contributed by atoms with Crippen molar-refractivity contribution in [2.45, 2.75) is 25.6 Å². The summed E-state index contributed by atoms with van der Waals surface area (Å²) < 4.78 is 63.5. The Morgan fingerprint density at radius 1 is 1.32 bits per heavy atom. The number of aromatic nitrogens is 2. The number of carbonyl (C=O) groups excluding carboxylic acids is 1. The Morgan fingerprint density at radius 3 is 2.64 bits per heavy atom. The molecule has 12 heteroatoms. The van der Waals surface area contributed by atoms with Crippen LogP contribution in [-0.4, -0.2) is 36.4 Å². The maximum absolute atomic E-state index is 13.4. The molecule has 2 heterocycles. The molecule has 1 amide bonds. The number of aryl methyl sites for hydroxylation is 1. The number of hydrogen-bond donors (Lipinski definition) is 3. The number of nitrogens with one attached hydrogen (secondary N) is 1. The number of nitrogens with zero attached hydrogens (tertiary/aromatic N) is 2. The lowest BCUT2D eigenvalue weighted by Gasteiger charge is -2.17. The van der Waals surface area contributed by atoms with Crippen LogP contribution in [0.2, 0.25) is 0 Å². The van der Waals surface area contributed by atoms with Gasteiger partial charge in [-0.15, -0.1) is 0 Å². The minimum absolute atomic E-state index is 0.0164. The van der Waals surface area contributed by atoms with E-state index < -0.39 is 27.8 Å². The molecule has 0 saturated carbocycles. The number of alkyl halides is 3. The van der Waals surface area contributed by atoms with Crippen LogP contribution in [0.15, 0.2) is 18.2 Å². The summed E-state index contributed by atoms with van der Waals surface area (Å²) in [4.78, 5) is 11.9. The van der Waals surface area contributed by atoms with E-state index in [2.05, 4.69) is 10.4 Å². The minimum atomic E-state index is -4.64. The van der Waals surface area contributed by atoms with Crippen molar-refractivity contribution in [2.24, 2.45) is 10.9 Å². The van der Waals surface area contributed by atoms with Crippen molar-refractivity contribution in [2.75, 3.05) is 12.3 Å². The molecule has 3 rings (SSSR count). The zero-order chi connectivity index (χ0) is 20.7. The molecule has 1 aliphatic rings. The summed E-state index contributed by atoms with van der Waals surface area (Å²) in [6.07, 6.45) is -4.31. The predicted molar refractivity (Wildman–Crippen MR) is 94.2 cm³/mol. The number of nitrogens with two attached hydrogens (primary N) is 2. The number of halogens is 3. The quantitative estimate of drug-likeness (QED) is 0.650. The summed E-state index contributed by atoms with van der Waals surface area (Å²) in [6, 6.07) is 4.27. The molecule has 0 radical (unpaired) electrons. The number of primary sulfonamides is 1. The Hall–Kier alpha value is -2.44. The van der Waals surface area contributed by atoms with Gasteiger partial charge in [0.2, 0.25) is 10.0 Å². The summed E-state index contributed by atoms with van der Waals surface area (Å²) in [5.74, 6) is -1.20. The Morgan fingerprint density at radius 2 is 2.04 bits per heavy atom. The van der Waals surface area contributed by atoms with Crippen molar-refractivity contribution < 1.29 is 26.4 Å². The molecule has 0 bridgehead atoms. The topological polar surface area (TPSA) is 133 Å². The van der Waals surface area contributed by atoms with Crippen LogP contribution < -0.4 is 16.2 Å². The average Bonchev–Trinajstić information content (AvgIpc) is 2.99. The van der Waals surface area contributed by atoms with Gasteiger partial charge in [-0.25, -0.2) is 18.2 Å². The number of amides is 1. The van der Waals surface area contributed by atoms with Crippen LogP contribution in [0.5, 0.6) is 0 Å². The van der Waals surface area contributed by atoms with Crippen molar-refractivity contribution in [3.05, 3.63) is 46.3 Å². The number of hydrogen-bond acceptors (Lipinski definition) is 5. The van der Waals surface area contributed by atoms with Gasteiger partial charge < -0.3 is 11.1 Å². The monoisotopic (exact) mass is 417 g/mol. The van der Waals surface area contributed by atoms with Crippen molar-refractivity contribution in [1.29, 1.82) is 0 Å². The molecule has 28 heavy (non-hydrogen) atoms. The summed E-state index contributed by atoms with van der Waals surface area (Å²) in [6.45, 7) is 0.483. The van der Waals surface area contributed by atoms with E-state index >= 15 is 0 Å². The first-order valence-electron chi connectivity index (χ1n) is 8.29. The van der Waals surface area contributed by atoms with Crippen LogP contribution in [0.1, 0.15) is 32.9 Å². The van der Waals surface area contributed by atoms with Gasteiger partial charge in [-0.05, 0) is 24.1 Å². The Kier molecular flexibility index (Phi) is 5.21. The SMILES string of the molecule is NC(=O)c1cc(CCS(N)(=O)=O)ccc1-n1nc(C(F)(F)F)c2c1CCNC2. The van der Waals surface area contributed by atoms with Crippen molar-refractivity contribution in [3.63, 3.8) is 0 Å². The van der Waals surface area contributed by atoms with Crippen molar-refractivity contribution in [1.82, 2.24) is 15.1 Å². The normalized spacial score (nSPS) is 14.7. The van der Waals surface area contributed by atoms with Crippen LogP contribution in [0.25, 0.3) is 5.69 Å². The third-order valence-electron chi connectivity index (χ3n) is 4.43. The van der Waals surface area contributed by atoms with E-state index in [-0.39, 0.29) is 35.5 Å². The van der Waals surface area contributed by atoms with Gasteiger partial charge in [-0.1, -0.05) is 6.07 Å². The van der Waals surface area contributed by atoms with E-state index in [1.807, 2.05) is 0 Å². The highest BCUT2D eigenvalue weighted by molar-refractivity contribution is 7.89. The lowest BCUT2D eigenvalue weighted by atomic mass is 10.0. The number of sulfonamides is 1. The van der Waals surface area contributed by atoms with Crippen LogP contribution in [0.4, 0.5) is 13.2 Å². The zero-order valence-corrected chi connectivity index (χ0v) is 15.4. The second-order valence-electron chi connectivity index (χ2n) is 6.44. The summed E-state index contributed by atoms with van der Waals surface area (Å²) in [5, 5.41) is 11.6. The summed E-state index contributed by atoms with van der Waals surface area (Å²) in [7, 11) is -3.71. The largest absolute Gasteiger partial charge is 0.435 e. The average molecular weight is 417 g/mol. The van der Waals surface area contributed by atoms with Crippen LogP contribution in [0, 0.1) is 0 Å². The van der Waals surface area contributed by atoms with E-state index in [1.165, 1.54) is 18.2 Å². The molecule has 0 atom stereocenters. The summed E-state index contributed by atoms with van der Waals surface area (Å²) in [5.41, 5.74) is 5.31. The highest BCUT2D eigenvalue weighted by Crippen LogP contribution is 2.35. The molecule has 1 aromatic heterocycles. The number of carbonyl (C=O) groups is 1. The molecule has 152 valence electrons. The van der Waals surface area contributed by atoms with E-state index in [9.17, 15) is 26.4 Å². The maximum atomic E-state index is 13.4. The molecule has 0 spiro atoms. The van der Waals surface area contributed by atoms with Gasteiger partial charge in [0.05, 0.1) is 22.7 Å². The lowest BCUT2D eigenvalue weighted by Crippen LogP contribution is -2.26. The standard InChI is InChI=1S/C16H18F3N5O3S/c17-16(18,19)14-11-8-22-5-3-13(11)24(23-14)12-2-1-9(4-6-28(21,26)27)7-10(12)15(20)25/h1-2,7,22H,3-6,8H2,(H2,20,25)(H2,21,26,27). The first-order valence-corrected chi connectivity index (χ1v) is 10.0. The second-order valence-corrected chi connectivity index (χ2v) is 8.18. The third-order valence-corrected chi connectivity index (χ3v) is 5.20. The van der Waals surface area contributed by atoms with Crippen LogP contribution >= 0.6 is 0 Å². The number of primary amides is 1. The van der Waals surface area contributed by atoms with Crippen molar-refractivity contribution >= 4 is 15.9 Å². The highest BCUT2D eigenvalue weighted by Gasteiger charge is 2.40. The van der Waals surface area contributed by atoms with E-state index in [4.69, 9.17) is 10.9 Å². The van der Waals surface area contributed by atoms with Crippen LogP contribution in [-0.2, 0) is 35.6 Å². The van der Waals surface area contributed by atoms with E-state index in [0.717, 1.165) is 4.68 Å². The molecule has 0 aliphatic carbocycles. The first-order chi connectivity index (χ1) is 13.0. The predicted octanol–water partition coefficient (Wildman–Crippen LogP) is 0.467.